The highest BCUT2D eigenvalue weighted by Gasteiger charge is 2.23. The van der Waals surface area contributed by atoms with Crippen LogP contribution in [0.25, 0.3) is 44.2 Å². The van der Waals surface area contributed by atoms with Crippen molar-refractivity contribution < 1.29 is 0 Å². The van der Waals surface area contributed by atoms with E-state index in [1.807, 2.05) is 0 Å². The van der Waals surface area contributed by atoms with Gasteiger partial charge in [0.15, 0.2) is 0 Å². The molecule has 0 aromatic heterocycles. The summed E-state index contributed by atoms with van der Waals surface area (Å²) < 4.78 is 1.10. The Morgan fingerprint density at radius 3 is 2.20 bits per heavy atom. The third kappa shape index (κ3) is 2.81. The van der Waals surface area contributed by atoms with Crippen molar-refractivity contribution in [2.75, 3.05) is 0 Å². The molecule has 0 fully saturated rings. The minimum atomic E-state index is 0.993. The second-order valence-corrected chi connectivity index (χ2v) is 8.84. The first-order chi connectivity index (χ1) is 14.8. The molecular weight excluding hydrogens is 428 g/mol. The van der Waals surface area contributed by atoms with Crippen molar-refractivity contribution in [2.45, 2.75) is 6.42 Å². The summed E-state index contributed by atoms with van der Waals surface area (Å²) in [5, 5.41) is 2.67. The van der Waals surface area contributed by atoms with Gasteiger partial charge in [-0.25, -0.2) is 0 Å². The summed E-state index contributed by atoms with van der Waals surface area (Å²) >= 11 is 3.60. The zero-order chi connectivity index (χ0) is 20.1. The number of fused-ring (bicyclic) bond motifs is 5. The first-order valence-electron chi connectivity index (χ1n) is 10.3. The van der Waals surface area contributed by atoms with Gasteiger partial charge in [0.1, 0.15) is 0 Å². The van der Waals surface area contributed by atoms with E-state index in [9.17, 15) is 0 Å². The quantitative estimate of drug-likeness (QED) is 0.250. The number of hydrogen-bond donors (Lipinski definition) is 0. The third-order valence-corrected chi connectivity index (χ3v) is 6.65. The molecule has 0 aliphatic heterocycles. The van der Waals surface area contributed by atoms with Crippen molar-refractivity contribution in [2.24, 2.45) is 0 Å². The summed E-state index contributed by atoms with van der Waals surface area (Å²) in [6.45, 7) is 0. The molecule has 1 aliphatic carbocycles. The lowest BCUT2D eigenvalue weighted by Gasteiger charge is -2.11. The molecule has 5 aromatic rings. The van der Waals surface area contributed by atoms with Gasteiger partial charge in [0.25, 0.3) is 0 Å². The molecule has 0 saturated heterocycles. The standard InChI is InChI=1S/C29H19Br/c30-24-10-4-8-21(17-24)20-7-3-9-22(16-20)25-12-5-13-27-28(25)18-23-15-14-19-6-1-2-11-26(19)29(23)27/h1-17H,18H2. The van der Waals surface area contributed by atoms with Crippen LogP contribution in [0, 0.1) is 0 Å². The largest absolute Gasteiger partial charge is 0.0616 e. The first kappa shape index (κ1) is 17.7. The molecule has 1 aliphatic rings. The van der Waals surface area contributed by atoms with E-state index in [0.29, 0.717) is 0 Å². The number of rotatable bonds is 2. The Kier molecular flexibility index (Phi) is 4.11. The molecule has 0 radical (unpaired) electrons. The molecule has 0 N–H and O–H groups in total. The van der Waals surface area contributed by atoms with Gasteiger partial charge in [-0.05, 0) is 79.9 Å². The summed E-state index contributed by atoms with van der Waals surface area (Å²) in [5.41, 5.74) is 10.8. The smallest absolute Gasteiger partial charge is 0.0181 e. The van der Waals surface area contributed by atoms with Gasteiger partial charge in [0.05, 0.1) is 0 Å². The minimum absolute atomic E-state index is 0.993. The molecule has 30 heavy (non-hydrogen) atoms. The third-order valence-electron chi connectivity index (χ3n) is 6.16. The van der Waals surface area contributed by atoms with Crippen LogP contribution in [-0.4, -0.2) is 0 Å². The van der Waals surface area contributed by atoms with Crippen LogP contribution in [0.2, 0.25) is 0 Å². The van der Waals surface area contributed by atoms with E-state index in [4.69, 9.17) is 0 Å². The molecule has 0 bridgehead atoms. The van der Waals surface area contributed by atoms with E-state index in [1.54, 1.807) is 0 Å². The van der Waals surface area contributed by atoms with Crippen LogP contribution < -0.4 is 0 Å². The second kappa shape index (κ2) is 6.97. The van der Waals surface area contributed by atoms with Crippen LogP contribution in [0.5, 0.6) is 0 Å². The van der Waals surface area contributed by atoms with Crippen molar-refractivity contribution in [1.29, 1.82) is 0 Å². The summed E-state index contributed by atoms with van der Waals surface area (Å²) in [4.78, 5) is 0. The zero-order valence-corrected chi connectivity index (χ0v) is 18.0. The average Bonchev–Trinajstić information content (AvgIpc) is 3.18. The fraction of sp³-hybridized carbons (Fsp3) is 0.0345. The van der Waals surface area contributed by atoms with Gasteiger partial charge in [0.2, 0.25) is 0 Å². The minimum Gasteiger partial charge on any atom is -0.0616 e. The molecule has 1 heteroatoms. The van der Waals surface area contributed by atoms with Crippen molar-refractivity contribution in [1.82, 2.24) is 0 Å². The van der Waals surface area contributed by atoms with Crippen molar-refractivity contribution in [3.63, 3.8) is 0 Å². The van der Waals surface area contributed by atoms with Crippen molar-refractivity contribution >= 4 is 26.7 Å². The van der Waals surface area contributed by atoms with Gasteiger partial charge in [-0.1, -0.05) is 101 Å². The lowest BCUT2D eigenvalue weighted by atomic mass is 9.93. The SMILES string of the molecule is Brc1cccc(-c2cccc(-c3cccc4c3Cc3ccc5ccccc5c3-4)c2)c1. The molecule has 6 rings (SSSR count). The number of halogens is 1. The van der Waals surface area contributed by atoms with Gasteiger partial charge in [-0.3, -0.25) is 0 Å². The fourth-order valence-corrected chi connectivity index (χ4v) is 5.19. The topological polar surface area (TPSA) is 0 Å². The number of hydrogen-bond acceptors (Lipinski definition) is 0. The maximum Gasteiger partial charge on any atom is 0.0181 e. The van der Waals surface area contributed by atoms with Crippen LogP contribution in [0.4, 0.5) is 0 Å². The molecule has 142 valence electrons. The van der Waals surface area contributed by atoms with E-state index < -0.39 is 0 Å². The maximum atomic E-state index is 3.60. The summed E-state index contributed by atoms with van der Waals surface area (Å²) in [7, 11) is 0. The lowest BCUT2D eigenvalue weighted by molar-refractivity contribution is 1.27. The predicted molar refractivity (Wildman–Crippen MR) is 131 cm³/mol. The van der Waals surface area contributed by atoms with Crippen molar-refractivity contribution in [3.05, 3.63) is 119 Å². The van der Waals surface area contributed by atoms with E-state index in [2.05, 4.69) is 119 Å². The van der Waals surface area contributed by atoms with Gasteiger partial charge < -0.3 is 0 Å². The van der Waals surface area contributed by atoms with Crippen LogP contribution in [0.15, 0.2) is 108 Å². The highest BCUT2D eigenvalue weighted by Crippen LogP contribution is 2.45. The summed E-state index contributed by atoms with van der Waals surface area (Å²) in [6.07, 6.45) is 0.993. The molecular formula is C29H19Br. The Hall–Kier alpha value is -3.16. The summed E-state index contributed by atoms with van der Waals surface area (Å²) in [5.74, 6) is 0. The highest BCUT2D eigenvalue weighted by molar-refractivity contribution is 9.10. The van der Waals surface area contributed by atoms with Gasteiger partial charge >= 0.3 is 0 Å². The van der Waals surface area contributed by atoms with E-state index in [0.717, 1.165) is 10.9 Å². The first-order valence-corrected chi connectivity index (χ1v) is 11.1. The lowest BCUT2D eigenvalue weighted by Crippen LogP contribution is -1.88. The average molecular weight is 447 g/mol. The van der Waals surface area contributed by atoms with E-state index in [1.165, 1.54) is 55.3 Å². The maximum absolute atomic E-state index is 3.60. The van der Waals surface area contributed by atoms with E-state index >= 15 is 0 Å². The zero-order valence-electron chi connectivity index (χ0n) is 16.4. The Labute approximate surface area is 185 Å². The van der Waals surface area contributed by atoms with Crippen LogP contribution >= 0.6 is 15.9 Å². The highest BCUT2D eigenvalue weighted by atomic mass is 79.9. The monoisotopic (exact) mass is 446 g/mol. The Morgan fingerprint density at radius 2 is 1.30 bits per heavy atom. The Bertz CT molecular complexity index is 1430. The molecule has 0 heterocycles. The molecule has 0 amide bonds. The molecule has 0 spiro atoms. The van der Waals surface area contributed by atoms with Crippen LogP contribution in [-0.2, 0) is 6.42 Å². The van der Waals surface area contributed by atoms with Gasteiger partial charge in [-0.2, -0.15) is 0 Å². The molecule has 0 unspecified atom stereocenters. The van der Waals surface area contributed by atoms with Crippen molar-refractivity contribution in [3.8, 4) is 33.4 Å². The molecule has 0 atom stereocenters. The summed E-state index contributed by atoms with van der Waals surface area (Å²) in [6, 6.07) is 37.5. The van der Waals surface area contributed by atoms with Gasteiger partial charge in [0, 0.05) is 4.47 Å². The number of benzene rings is 5. The van der Waals surface area contributed by atoms with E-state index in [-0.39, 0.29) is 0 Å². The fourth-order valence-electron chi connectivity index (χ4n) is 4.79. The van der Waals surface area contributed by atoms with Crippen LogP contribution in [0.1, 0.15) is 11.1 Å². The molecule has 0 saturated carbocycles. The van der Waals surface area contributed by atoms with Gasteiger partial charge in [-0.15, -0.1) is 0 Å². The second-order valence-electron chi connectivity index (χ2n) is 7.92. The van der Waals surface area contributed by atoms with Crippen LogP contribution in [0.3, 0.4) is 0 Å². The Morgan fingerprint density at radius 1 is 0.567 bits per heavy atom. The molecule has 0 nitrogen and oxygen atoms in total. The Balaban J connectivity index is 1.52. The normalized spacial score (nSPS) is 12.0. The molecule has 5 aromatic carbocycles. The predicted octanol–water partition coefficient (Wildman–Crippen LogP) is 8.51.